The third-order valence-corrected chi connectivity index (χ3v) is 5.83. The first kappa shape index (κ1) is 29.2. The quantitative estimate of drug-likeness (QED) is 0.212. The second-order valence-corrected chi connectivity index (χ2v) is 9.02. The Balaban J connectivity index is 1.86. The summed E-state index contributed by atoms with van der Waals surface area (Å²) in [6.45, 7) is 5.61. The van der Waals surface area contributed by atoms with E-state index in [9.17, 15) is 24.0 Å². The number of nitrogens with zero attached hydrogens (tertiary/aromatic N) is 2. The fourth-order valence-electron chi connectivity index (χ4n) is 3.65. The maximum atomic E-state index is 12.9. The maximum absolute atomic E-state index is 12.9. The lowest BCUT2D eigenvalue weighted by Gasteiger charge is -2.24. The number of carbonyl (C=O) groups is 4. The van der Waals surface area contributed by atoms with Gasteiger partial charge in [0, 0.05) is 25.7 Å². The van der Waals surface area contributed by atoms with Crippen molar-refractivity contribution in [2.24, 2.45) is 5.92 Å². The molecule has 11 nitrogen and oxygen atoms in total. The van der Waals surface area contributed by atoms with Gasteiger partial charge in [0.05, 0.1) is 6.04 Å². The van der Waals surface area contributed by atoms with Gasteiger partial charge in [-0.2, -0.15) is 0 Å². The molecule has 0 fully saturated rings. The standard InChI is InChI=1S/C26H36N6O5/c1-4-19(23(34)25(36)28-14-8-16-32-20(27)13-15-29-26(32)37)30-24(35)22(17(2)3)31-21(33)12-11-18-9-6-5-7-10-18/h5-7,9-10,13,15,17,19,22H,4,8,11-12,14,16,27H2,1-3H3,(H,28,36)(H,30,35)(H,31,33)/t19-,22-/m0/s1. The van der Waals surface area contributed by atoms with E-state index in [1.54, 1.807) is 20.8 Å². The van der Waals surface area contributed by atoms with Crippen molar-refractivity contribution in [3.05, 3.63) is 58.6 Å². The highest BCUT2D eigenvalue weighted by Crippen LogP contribution is 2.07. The molecule has 2 aromatic rings. The smallest absolute Gasteiger partial charge is 0.349 e. The normalized spacial score (nSPS) is 12.4. The van der Waals surface area contributed by atoms with Crippen molar-refractivity contribution in [2.45, 2.75) is 65.1 Å². The van der Waals surface area contributed by atoms with Crippen molar-refractivity contribution in [3.63, 3.8) is 0 Å². The molecule has 1 aromatic carbocycles. The average molecular weight is 513 g/mol. The van der Waals surface area contributed by atoms with Crippen LogP contribution in [0.4, 0.5) is 5.82 Å². The van der Waals surface area contributed by atoms with Crippen LogP contribution in [0.15, 0.2) is 47.4 Å². The Hall–Kier alpha value is -4.02. The summed E-state index contributed by atoms with van der Waals surface area (Å²) in [4.78, 5) is 65.8. The number of benzene rings is 1. The van der Waals surface area contributed by atoms with E-state index in [-0.39, 0.29) is 43.6 Å². The van der Waals surface area contributed by atoms with Crippen molar-refractivity contribution in [2.75, 3.05) is 12.3 Å². The highest BCUT2D eigenvalue weighted by molar-refractivity contribution is 6.38. The molecule has 0 bridgehead atoms. The number of aromatic nitrogens is 2. The lowest BCUT2D eigenvalue weighted by Crippen LogP contribution is -2.55. The van der Waals surface area contributed by atoms with Gasteiger partial charge in [-0.15, -0.1) is 0 Å². The van der Waals surface area contributed by atoms with Crippen LogP contribution in [0, 0.1) is 5.92 Å². The largest absolute Gasteiger partial charge is 0.385 e. The monoisotopic (exact) mass is 512 g/mol. The van der Waals surface area contributed by atoms with Gasteiger partial charge in [-0.3, -0.25) is 23.7 Å². The molecule has 5 N–H and O–H groups in total. The molecular formula is C26H36N6O5. The van der Waals surface area contributed by atoms with Crippen LogP contribution in [0.1, 0.15) is 45.6 Å². The van der Waals surface area contributed by atoms with Gasteiger partial charge in [-0.25, -0.2) is 9.78 Å². The second-order valence-electron chi connectivity index (χ2n) is 9.02. The van der Waals surface area contributed by atoms with E-state index in [0.29, 0.717) is 12.8 Å². The molecule has 0 saturated heterocycles. The Labute approximate surface area is 216 Å². The van der Waals surface area contributed by atoms with Crippen LogP contribution in [0.25, 0.3) is 0 Å². The first-order valence-electron chi connectivity index (χ1n) is 12.4. The number of amides is 3. The molecule has 200 valence electrons. The number of rotatable bonds is 14. The number of nitrogens with one attached hydrogen (secondary N) is 3. The number of nitrogen functional groups attached to an aromatic ring is 1. The highest BCUT2D eigenvalue weighted by Gasteiger charge is 2.30. The Morgan fingerprint density at radius 1 is 1.05 bits per heavy atom. The fraction of sp³-hybridized carbons (Fsp3) is 0.462. The number of ketones is 1. The van der Waals surface area contributed by atoms with Crippen molar-refractivity contribution >= 4 is 29.3 Å². The number of carbonyl (C=O) groups excluding carboxylic acids is 4. The summed E-state index contributed by atoms with van der Waals surface area (Å²) in [5, 5.41) is 7.86. The molecule has 1 aromatic heterocycles. The van der Waals surface area contributed by atoms with Gasteiger partial charge in [0.2, 0.25) is 17.6 Å². The molecule has 1 heterocycles. The van der Waals surface area contributed by atoms with Crippen LogP contribution in [-0.2, 0) is 32.1 Å². The molecule has 0 aliphatic rings. The molecule has 11 heteroatoms. The van der Waals surface area contributed by atoms with E-state index in [4.69, 9.17) is 5.73 Å². The molecule has 0 aliphatic heterocycles. The number of nitrogens with two attached hydrogens (primary N) is 1. The number of anilines is 1. The van der Waals surface area contributed by atoms with Crippen LogP contribution in [0.2, 0.25) is 0 Å². The third-order valence-electron chi connectivity index (χ3n) is 5.83. The number of hydrogen-bond acceptors (Lipinski definition) is 7. The second kappa shape index (κ2) is 14.5. The number of hydrogen-bond donors (Lipinski definition) is 4. The highest BCUT2D eigenvalue weighted by atomic mass is 16.2. The summed E-state index contributed by atoms with van der Waals surface area (Å²) in [7, 11) is 0. The Bertz CT molecular complexity index is 1130. The first-order chi connectivity index (χ1) is 17.6. The molecular weight excluding hydrogens is 476 g/mol. The minimum Gasteiger partial charge on any atom is -0.385 e. The van der Waals surface area contributed by atoms with Gasteiger partial charge in [-0.05, 0) is 36.8 Å². The predicted molar refractivity (Wildman–Crippen MR) is 139 cm³/mol. The number of Topliss-reactive ketones (excluding diaryl/α,β-unsaturated/α-hetero) is 1. The number of aryl methyl sites for hydroxylation is 1. The molecule has 37 heavy (non-hydrogen) atoms. The van der Waals surface area contributed by atoms with Crippen molar-refractivity contribution in [1.82, 2.24) is 25.5 Å². The van der Waals surface area contributed by atoms with Gasteiger partial charge in [0.15, 0.2) is 0 Å². The van der Waals surface area contributed by atoms with Gasteiger partial charge < -0.3 is 21.7 Å². The summed E-state index contributed by atoms with van der Waals surface area (Å²) < 4.78 is 1.27. The van der Waals surface area contributed by atoms with E-state index < -0.39 is 35.4 Å². The average Bonchev–Trinajstić information content (AvgIpc) is 2.88. The molecule has 0 spiro atoms. The lowest BCUT2D eigenvalue weighted by molar-refractivity contribution is -0.140. The van der Waals surface area contributed by atoms with Gasteiger partial charge in [0.1, 0.15) is 11.9 Å². The minimum atomic E-state index is -1.04. The predicted octanol–water partition coefficient (Wildman–Crippen LogP) is 0.569. The summed E-state index contributed by atoms with van der Waals surface area (Å²) in [6.07, 6.45) is 2.62. The fourth-order valence-corrected chi connectivity index (χ4v) is 3.65. The summed E-state index contributed by atoms with van der Waals surface area (Å²) in [6, 6.07) is 9.15. The Kier molecular flexibility index (Phi) is 11.5. The third kappa shape index (κ3) is 9.17. The van der Waals surface area contributed by atoms with Gasteiger partial charge in [0.25, 0.3) is 5.91 Å². The molecule has 0 saturated carbocycles. The molecule has 2 rings (SSSR count). The van der Waals surface area contributed by atoms with Crippen LogP contribution in [0.3, 0.4) is 0 Å². The summed E-state index contributed by atoms with van der Waals surface area (Å²) in [5.41, 5.74) is 6.27. The van der Waals surface area contributed by atoms with E-state index in [0.717, 1.165) is 5.56 Å². The topological polar surface area (TPSA) is 165 Å². The van der Waals surface area contributed by atoms with Crippen LogP contribution < -0.4 is 27.4 Å². The lowest BCUT2D eigenvalue weighted by atomic mass is 10.0. The van der Waals surface area contributed by atoms with Gasteiger partial charge in [-0.1, -0.05) is 51.1 Å². The summed E-state index contributed by atoms with van der Waals surface area (Å²) in [5.74, 6) is -2.41. The van der Waals surface area contributed by atoms with Crippen LogP contribution in [0.5, 0.6) is 0 Å². The van der Waals surface area contributed by atoms with Crippen molar-refractivity contribution in [3.8, 4) is 0 Å². The molecule has 3 amide bonds. The Morgan fingerprint density at radius 3 is 2.38 bits per heavy atom. The van der Waals surface area contributed by atoms with Crippen LogP contribution >= 0.6 is 0 Å². The summed E-state index contributed by atoms with van der Waals surface area (Å²) >= 11 is 0. The zero-order valence-corrected chi connectivity index (χ0v) is 21.5. The van der Waals surface area contributed by atoms with E-state index in [1.165, 1.54) is 16.8 Å². The van der Waals surface area contributed by atoms with E-state index in [2.05, 4.69) is 20.9 Å². The van der Waals surface area contributed by atoms with Crippen molar-refractivity contribution in [1.29, 1.82) is 0 Å². The minimum absolute atomic E-state index is 0.127. The zero-order valence-electron chi connectivity index (χ0n) is 21.5. The zero-order chi connectivity index (χ0) is 27.4. The van der Waals surface area contributed by atoms with Crippen molar-refractivity contribution < 1.29 is 19.2 Å². The maximum Gasteiger partial charge on any atom is 0.349 e. The SMILES string of the molecule is CC[C@H](NC(=O)[C@@H](NC(=O)CCc1ccccc1)C(C)C)C(=O)C(=O)NCCCn1c(N)ccnc1=O. The molecule has 0 unspecified atom stereocenters. The van der Waals surface area contributed by atoms with E-state index >= 15 is 0 Å². The van der Waals surface area contributed by atoms with Gasteiger partial charge >= 0.3 is 5.69 Å². The van der Waals surface area contributed by atoms with Crippen LogP contribution in [-0.4, -0.2) is 51.7 Å². The first-order valence-corrected chi connectivity index (χ1v) is 12.4. The van der Waals surface area contributed by atoms with E-state index in [1.807, 2.05) is 30.3 Å². The Morgan fingerprint density at radius 2 is 1.76 bits per heavy atom. The molecule has 0 aliphatic carbocycles. The molecule has 0 radical (unpaired) electrons. The molecule has 2 atom stereocenters.